The van der Waals surface area contributed by atoms with Crippen molar-refractivity contribution in [1.82, 2.24) is 9.62 Å². The molecule has 1 aliphatic heterocycles. The van der Waals surface area contributed by atoms with Gasteiger partial charge in [0.2, 0.25) is 21.8 Å². The predicted molar refractivity (Wildman–Crippen MR) is 74.3 cm³/mol. The lowest BCUT2D eigenvalue weighted by Crippen LogP contribution is -2.53. The summed E-state index contributed by atoms with van der Waals surface area (Å²) in [6.45, 7) is -0.696. The van der Waals surface area contributed by atoms with Crippen molar-refractivity contribution in [3.63, 3.8) is 0 Å². The van der Waals surface area contributed by atoms with Crippen LogP contribution in [0, 0.1) is 11.8 Å². The second-order valence-corrected chi connectivity index (χ2v) is 6.15. The third-order valence-electron chi connectivity index (χ3n) is 2.75. The third-order valence-corrected chi connectivity index (χ3v) is 4.60. The van der Waals surface area contributed by atoms with Gasteiger partial charge >= 0.3 is 0 Å². The molecule has 0 bridgehead atoms. The Bertz CT molecular complexity index is 730. The third kappa shape index (κ3) is 3.28. The first kappa shape index (κ1) is 15.2. The van der Waals surface area contributed by atoms with Gasteiger partial charge in [0.05, 0.1) is 24.5 Å². The summed E-state index contributed by atoms with van der Waals surface area (Å²) in [5, 5.41) is 2.05. The van der Waals surface area contributed by atoms with Gasteiger partial charge in [0.15, 0.2) is 0 Å². The number of nitrogens with one attached hydrogen (secondary N) is 1. The maximum absolute atomic E-state index is 12.6. The van der Waals surface area contributed by atoms with Crippen molar-refractivity contribution in [3.05, 3.63) is 29.8 Å². The number of hydrogen-bond donors (Lipinski definition) is 2. The van der Waals surface area contributed by atoms with E-state index in [0.29, 0.717) is 0 Å². The van der Waals surface area contributed by atoms with Crippen molar-refractivity contribution < 1.29 is 18.0 Å². The van der Waals surface area contributed by atoms with E-state index in [4.69, 9.17) is 5.73 Å². The molecule has 7 nitrogen and oxygen atoms in total. The van der Waals surface area contributed by atoms with Crippen molar-refractivity contribution in [2.24, 2.45) is 5.73 Å². The smallest absolute Gasteiger partial charge is 0.245 e. The molecule has 0 aliphatic carbocycles. The molecule has 2 rings (SSSR count). The Morgan fingerprint density at radius 2 is 1.81 bits per heavy atom. The Labute approximate surface area is 122 Å². The summed E-state index contributed by atoms with van der Waals surface area (Å²) in [5.41, 5.74) is 5.56. The van der Waals surface area contributed by atoms with Crippen molar-refractivity contribution in [2.75, 3.05) is 19.6 Å². The van der Waals surface area contributed by atoms with E-state index >= 15 is 0 Å². The van der Waals surface area contributed by atoms with Crippen LogP contribution in [0.5, 0.6) is 0 Å². The maximum Gasteiger partial charge on any atom is 0.245 e. The molecule has 8 heteroatoms. The average Bonchev–Trinajstić information content (AvgIpc) is 2.44. The Morgan fingerprint density at radius 1 is 1.19 bits per heavy atom. The summed E-state index contributed by atoms with van der Waals surface area (Å²) in [6.07, 6.45) is 0. The maximum atomic E-state index is 12.6. The summed E-state index contributed by atoms with van der Waals surface area (Å²) in [4.78, 5) is 22.6. The minimum absolute atomic E-state index is 0.0477. The fourth-order valence-electron chi connectivity index (χ4n) is 1.86. The van der Waals surface area contributed by atoms with Crippen LogP contribution in [0.1, 0.15) is 5.56 Å². The first-order valence-electron chi connectivity index (χ1n) is 6.06. The molecule has 0 atom stereocenters. The highest BCUT2D eigenvalue weighted by atomic mass is 32.2. The van der Waals surface area contributed by atoms with Crippen molar-refractivity contribution >= 4 is 21.8 Å². The number of rotatable bonds is 2. The minimum Gasteiger partial charge on any atom is -0.320 e. The van der Waals surface area contributed by atoms with Crippen LogP contribution >= 0.6 is 0 Å². The molecule has 0 radical (unpaired) electrons. The highest BCUT2D eigenvalue weighted by Crippen LogP contribution is 2.20. The van der Waals surface area contributed by atoms with Gasteiger partial charge in [-0.2, -0.15) is 4.31 Å². The minimum atomic E-state index is -3.98. The van der Waals surface area contributed by atoms with E-state index < -0.39 is 34.9 Å². The molecular weight excluding hydrogens is 294 g/mol. The van der Waals surface area contributed by atoms with Gasteiger partial charge in [0.25, 0.3) is 0 Å². The first-order valence-corrected chi connectivity index (χ1v) is 7.50. The van der Waals surface area contributed by atoms with Crippen molar-refractivity contribution in [1.29, 1.82) is 0 Å². The normalized spacial score (nSPS) is 16.0. The Hall–Kier alpha value is -2.21. The number of sulfonamides is 1. The molecule has 21 heavy (non-hydrogen) atoms. The van der Waals surface area contributed by atoms with Crippen LogP contribution in [0.3, 0.4) is 0 Å². The van der Waals surface area contributed by atoms with Crippen LogP contribution in [0.2, 0.25) is 0 Å². The second-order valence-electron chi connectivity index (χ2n) is 4.25. The molecule has 2 amide bonds. The number of nitrogens with zero attached hydrogens (tertiary/aromatic N) is 1. The first-order chi connectivity index (χ1) is 9.95. The molecule has 3 N–H and O–H groups in total. The van der Waals surface area contributed by atoms with Gasteiger partial charge in [0, 0.05) is 5.56 Å². The van der Waals surface area contributed by atoms with Gasteiger partial charge in [0.1, 0.15) is 0 Å². The van der Waals surface area contributed by atoms with Gasteiger partial charge < -0.3 is 5.73 Å². The molecule has 0 spiro atoms. The molecule has 110 valence electrons. The monoisotopic (exact) mass is 307 g/mol. The fraction of sp³-hybridized carbons (Fsp3) is 0.231. The number of nitrogens with two attached hydrogens (primary N) is 1. The number of hydrogen-bond acceptors (Lipinski definition) is 5. The summed E-state index contributed by atoms with van der Waals surface area (Å²) in [6, 6.07) is 6.12. The summed E-state index contributed by atoms with van der Waals surface area (Å²) >= 11 is 0. The standard InChI is InChI=1S/C13H13N3O4S/c14-7-3-5-10-4-1-2-6-11(10)21(19,20)16-8-12(17)15-13(18)9-16/h1-2,4,6H,7-9,14H2,(H,15,17,18). The Balaban J connectivity index is 2.44. The lowest BCUT2D eigenvalue weighted by Gasteiger charge is -2.25. The number of carbonyl (C=O) groups is 2. The van der Waals surface area contributed by atoms with E-state index in [1.54, 1.807) is 18.2 Å². The number of piperazine rings is 1. The molecule has 0 aromatic heterocycles. The molecule has 1 aromatic rings. The number of amides is 2. The Morgan fingerprint density at radius 3 is 2.43 bits per heavy atom. The molecule has 0 saturated carbocycles. The summed E-state index contributed by atoms with van der Waals surface area (Å²) < 4.78 is 25.9. The van der Waals surface area contributed by atoms with Crippen LogP contribution in [0.25, 0.3) is 0 Å². The molecular formula is C13H13N3O4S. The zero-order chi connectivity index (χ0) is 15.5. The zero-order valence-electron chi connectivity index (χ0n) is 11.0. The average molecular weight is 307 g/mol. The van der Waals surface area contributed by atoms with E-state index in [1.807, 2.05) is 0 Å². The quantitative estimate of drug-likeness (QED) is 0.518. The Kier molecular flexibility index (Phi) is 4.37. The SMILES string of the molecule is NCC#Cc1ccccc1S(=O)(=O)N1CC(=O)NC(=O)C1. The van der Waals surface area contributed by atoms with E-state index in [1.165, 1.54) is 6.07 Å². The van der Waals surface area contributed by atoms with Crippen LogP contribution in [0.4, 0.5) is 0 Å². The lowest BCUT2D eigenvalue weighted by atomic mass is 10.2. The van der Waals surface area contributed by atoms with Crippen molar-refractivity contribution in [3.8, 4) is 11.8 Å². The highest BCUT2D eigenvalue weighted by molar-refractivity contribution is 7.89. The molecule has 1 aliphatic rings. The zero-order valence-corrected chi connectivity index (χ0v) is 11.8. The van der Waals surface area contributed by atoms with E-state index in [0.717, 1.165) is 4.31 Å². The highest BCUT2D eigenvalue weighted by Gasteiger charge is 2.33. The molecule has 1 heterocycles. The van der Waals surface area contributed by atoms with Crippen LogP contribution in [0.15, 0.2) is 29.2 Å². The van der Waals surface area contributed by atoms with Gasteiger partial charge in [-0.25, -0.2) is 8.42 Å². The van der Waals surface area contributed by atoms with Crippen LogP contribution < -0.4 is 11.1 Å². The van der Waals surface area contributed by atoms with Gasteiger partial charge in [-0.3, -0.25) is 14.9 Å². The predicted octanol–water partition coefficient (Wildman–Crippen LogP) is -1.36. The van der Waals surface area contributed by atoms with E-state index in [9.17, 15) is 18.0 Å². The second kappa shape index (κ2) is 6.05. The summed E-state index contributed by atoms with van der Waals surface area (Å²) in [7, 11) is -3.98. The number of benzene rings is 1. The molecule has 1 fully saturated rings. The van der Waals surface area contributed by atoms with Crippen LogP contribution in [-0.2, 0) is 19.6 Å². The number of imide groups is 1. The van der Waals surface area contributed by atoms with Crippen LogP contribution in [-0.4, -0.2) is 44.2 Å². The van der Waals surface area contributed by atoms with E-state index in [-0.39, 0.29) is 17.0 Å². The summed E-state index contributed by atoms with van der Waals surface area (Å²) in [5.74, 6) is 3.96. The topological polar surface area (TPSA) is 110 Å². The van der Waals surface area contributed by atoms with Gasteiger partial charge in [-0.05, 0) is 12.1 Å². The molecule has 0 unspecified atom stereocenters. The lowest BCUT2D eigenvalue weighted by molar-refractivity contribution is -0.134. The molecule has 1 aromatic carbocycles. The fourth-order valence-corrected chi connectivity index (χ4v) is 3.36. The van der Waals surface area contributed by atoms with Gasteiger partial charge in [-0.1, -0.05) is 24.0 Å². The van der Waals surface area contributed by atoms with Gasteiger partial charge in [-0.15, -0.1) is 0 Å². The number of carbonyl (C=O) groups excluding carboxylic acids is 2. The van der Waals surface area contributed by atoms with E-state index in [2.05, 4.69) is 17.2 Å². The van der Waals surface area contributed by atoms with Crippen molar-refractivity contribution in [2.45, 2.75) is 4.90 Å². The largest absolute Gasteiger partial charge is 0.320 e. The molecule has 1 saturated heterocycles.